The van der Waals surface area contributed by atoms with E-state index in [1.54, 1.807) is 7.05 Å². The lowest BCUT2D eigenvalue weighted by Gasteiger charge is -2.41. The zero-order valence-corrected chi connectivity index (χ0v) is 10.4. The molecule has 1 fully saturated rings. The topological polar surface area (TPSA) is 67.6 Å². The van der Waals surface area contributed by atoms with Crippen molar-refractivity contribution in [1.29, 1.82) is 0 Å². The second-order valence-electron chi connectivity index (χ2n) is 4.46. The molecule has 94 valence electrons. The minimum Gasteiger partial charge on any atom is -0.376 e. The highest BCUT2D eigenvalue weighted by Crippen LogP contribution is 2.16. The predicted octanol–water partition coefficient (Wildman–Crippen LogP) is -0.441. The molecule has 0 aromatic heterocycles. The molecule has 3 unspecified atom stereocenters. The van der Waals surface area contributed by atoms with E-state index in [1.165, 1.54) is 0 Å². The molecule has 0 aliphatic carbocycles. The van der Waals surface area contributed by atoms with Crippen molar-refractivity contribution in [1.82, 2.24) is 10.2 Å². The average molecular weight is 229 g/mol. The van der Waals surface area contributed by atoms with E-state index in [0.29, 0.717) is 25.6 Å². The molecule has 0 saturated carbocycles. The quantitative estimate of drug-likeness (QED) is 0.686. The van der Waals surface area contributed by atoms with Crippen LogP contribution in [0.3, 0.4) is 0 Å². The second-order valence-corrected chi connectivity index (χ2v) is 4.46. The molecule has 0 bridgehead atoms. The van der Waals surface area contributed by atoms with Gasteiger partial charge in [-0.2, -0.15) is 0 Å². The lowest BCUT2D eigenvalue weighted by molar-refractivity contribution is -0.123. The van der Waals surface area contributed by atoms with Gasteiger partial charge in [-0.1, -0.05) is 0 Å². The number of hydrogen-bond donors (Lipinski definition) is 2. The Balaban J connectivity index is 2.59. The van der Waals surface area contributed by atoms with Gasteiger partial charge in [0.15, 0.2) is 0 Å². The standard InChI is InChI=1S/C11H23N3O2/c1-8-7-16-9(2)6-14(8)10(5-12)4-11(15)13-3/h8-10H,4-7,12H2,1-3H3,(H,13,15). The Morgan fingerprint density at radius 1 is 1.62 bits per heavy atom. The van der Waals surface area contributed by atoms with Gasteiger partial charge in [-0.05, 0) is 13.8 Å². The molecule has 3 N–H and O–H groups in total. The lowest BCUT2D eigenvalue weighted by Crippen LogP contribution is -2.55. The molecular weight excluding hydrogens is 206 g/mol. The van der Waals surface area contributed by atoms with Crippen molar-refractivity contribution >= 4 is 5.91 Å². The number of nitrogens with one attached hydrogen (secondary N) is 1. The number of hydrogen-bond acceptors (Lipinski definition) is 4. The summed E-state index contributed by atoms with van der Waals surface area (Å²) in [5.74, 6) is 0.0433. The summed E-state index contributed by atoms with van der Waals surface area (Å²) in [7, 11) is 1.65. The Labute approximate surface area is 97.3 Å². The first kappa shape index (κ1) is 13.4. The molecule has 0 radical (unpaired) electrons. The Morgan fingerprint density at radius 3 is 2.88 bits per heavy atom. The normalized spacial score (nSPS) is 28.8. The van der Waals surface area contributed by atoms with Crippen LogP contribution in [0, 0.1) is 0 Å². The van der Waals surface area contributed by atoms with Gasteiger partial charge in [-0.15, -0.1) is 0 Å². The third-order valence-electron chi connectivity index (χ3n) is 3.10. The largest absolute Gasteiger partial charge is 0.376 e. The first-order valence-electron chi connectivity index (χ1n) is 5.86. The third-order valence-corrected chi connectivity index (χ3v) is 3.10. The van der Waals surface area contributed by atoms with Crippen molar-refractivity contribution in [3.63, 3.8) is 0 Å². The van der Waals surface area contributed by atoms with Crippen molar-refractivity contribution in [2.75, 3.05) is 26.7 Å². The Kier molecular flexibility index (Phi) is 5.18. The highest BCUT2D eigenvalue weighted by Gasteiger charge is 2.29. The van der Waals surface area contributed by atoms with Gasteiger partial charge in [-0.25, -0.2) is 0 Å². The van der Waals surface area contributed by atoms with Gasteiger partial charge in [0, 0.05) is 38.6 Å². The molecule has 16 heavy (non-hydrogen) atoms. The molecule has 1 rings (SSSR count). The van der Waals surface area contributed by atoms with E-state index in [0.717, 1.165) is 6.54 Å². The predicted molar refractivity (Wildman–Crippen MR) is 63.1 cm³/mol. The van der Waals surface area contributed by atoms with Gasteiger partial charge in [0.1, 0.15) is 0 Å². The third kappa shape index (κ3) is 3.43. The minimum atomic E-state index is 0.0433. The van der Waals surface area contributed by atoms with Crippen LogP contribution < -0.4 is 11.1 Å². The van der Waals surface area contributed by atoms with Gasteiger partial charge in [0.05, 0.1) is 12.7 Å². The molecular formula is C11H23N3O2. The number of carbonyl (C=O) groups is 1. The maximum atomic E-state index is 11.4. The lowest BCUT2D eigenvalue weighted by atomic mass is 10.1. The first-order chi connectivity index (χ1) is 7.58. The van der Waals surface area contributed by atoms with E-state index in [4.69, 9.17) is 10.5 Å². The fraction of sp³-hybridized carbons (Fsp3) is 0.909. The van der Waals surface area contributed by atoms with Crippen molar-refractivity contribution in [2.45, 2.75) is 38.5 Å². The molecule has 5 nitrogen and oxygen atoms in total. The van der Waals surface area contributed by atoms with Crippen molar-refractivity contribution < 1.29 is 9.53 Å². The summed E-state index contributed by atoms with van der Waals surface area (Å²) < 4.78 is 5.56. The van der Waals surface area contributed by atoms with Crippen molar-refractivity contribution in [3.8, 4) is 0 Å². The smallest absolute Gasteiger partial charge is 0.221 e. The molecule has 0 aromatic carbocycles. The van der Waals surface area contributed by atoms with Crippen LogP contribution in [-0.4, -0.2) is 55.7 Å². The van der Waals surface area contributed by atoms with Gasteiger partial charge in [0.2, 0.25) is 5.91 Å². The zero-order valence-electron chi connectivity index (χ0n) is 10.4. The summed E-state index contributed by atoms with van der Waals surface area (Å²) >= 11 is 0. The molecule has 0 spiro atoms. The van der Waals surface area contributed by atoms with Crippen LogP contribution in [0.4, 0.5) is 0 Å². The number of nitrogens with two attached hydrogens (primary N) is 1. The summed E-state index contributed by atoms with van der Waals surface area (Å²) in [6.45, 7) is 6.22. The molecule has 1 aliphatic heterocycles. The van der Waals surface area contributed by atoms with Crippen LogP contribution in [0.5, 0.6) is 0 Å². The van der Waals surface area contributed by atoms with Crippen LogP contribution in [0.25, 0.3) is 0 Å². The summed E-state index contributed by atoms with van der Waals surface area (Å²) in [5, 5.41) is 2.64. The molecule has 1 heterocycles. The average Bonchev–Trinajstić information content (AvgIpc) is 2.29. The molecule has 5 heteroatoms. The van der Waals surface area contributed by atoms with Crippen molar-refractivity contribution in [2.24, 2.45) is 5.73 Å². The zero-order chi connectivity index (χ0) is 12.1. The fourth-order valence-corrected chi connectivity index (χ4v) is 2.09. The molecule has 0 aromatic rings. The summed E-state index contributed by atoms with van der Waals surface area (Å²) in [4.78, 5) is 13.7. The Morgan fingerprint density at radius 2 is 2.31 bits per heavy atom. The van der Waals surface area contributed by atoms with Crippen LogP contribution in [0.15, 0.2) is 0 Å². The highest BCUT2D eigenvalue weighted by molar-refractivity contribution is 5.76. The highest BCUT2D eigenvalue weighted by atomic mass is 16.5. The van der Waals surface area contributed by atoms with E-state index in [2.05, 4.69) is 17.1 Å². The maximum absolute atomic E-state index is 11.4. The monoisotopic (exact) mass is 229 g/mol. The van der Waals surface area contributed by atoms with Crippen LogP contribution >= 0.6 is 0 Å². The molecule has 1 saturated heterocycles. The van der Waals surface area contributed by atoms with E-state index in [-0.39, 0.29) is 18.1 Å². The minimum absolute atomic E-state index is 0.0433. The number of carbonyl (C=O) groups excluding carboxylic acids is 1. The molecule has 1 amide bonds. The number of nitrogens with zero attached hydrogens (tertiary/aromatic N) is 1. The van der Waals surface area contributed by atoms with E-state index < -0.39 is 0 Å². The van der Waals surface area contributed by atoms with Crippen LogP contribution in [0.2, 0.25) is 0 Å². The summed E-state index contributed by atoms with van der Waals surface area (Å²) in [6, 6.07) is 0.440. The van der Waals surface area contributed by atoms with Gasteiger partial charge in [-0.3, -0.25) is 9.69 Å². The van der Waals surface area contributed by atoms with E-state index >= 15 is 0 Å². The SMILES string of the molecule is CNC(=O)CC(CN)N1CC(C)OCC1C. The molecule has 1 aliphatic rings. The van der Waals surface area contributed by atoms with E-state index in [9.17, 15) is 4.79 Å². The Bertz CT molecular complexity index is 235. The van der Waals surface area contributed by atoms with Crippen LogP contribution in [-0.2, 0) is 9.53 Å². The van der Waals surface area contributed by atoms with Gasteiger partial charge < -0.3 is 15.8 Å². The number of morpholine rings is 1. The fourth-order valence-electron chi connectivity index (χ4n) is 2.09. The van der Waals surface area contributed by atoms with Gasteiger partial charge >= 0.3 is 0 Å². The van der Waals surface area contributed by atoms with E-state index in [1.807, 2.05) is 6.92 Å². The van der Waals surface area contributed by atoms with Gasteiger partial charge in [0.25, 0.3) is 0 Å². The number of rotatable bonds is 4. The first-order valence-corrected chi connectivity index (χ1v) is 5.86. The van der Waals surface area contributed by atoms with Crippen LogP contribution in [0.1, 0.15) is 20.3 Å². The summed E-state index contributed by atoms with van der Waals surface area (Å²) in [6.07, 6.45) is 0.680. The summed E-state index contributed by atoms with van der Waals surface area (Å²) in [5.41, 5.74) is 5.75. The Hall–Kier alpha value is -0.650. The number of ether oxygens (including phenoxy) is 1. The molecule has 3 atom stereocenters. The second kappa shape index (κ2) is 6.18. The number of amides is 1. The van der Waals surface area contributed by atoms with Crippen molar-refractivity contribution in [3.05, 3.63) is 0 Å². The maximum Gasteiger partial charge on any atom is 0.221 e.